The standard InChI is InChI=1S/C12H15NO/c1-12(2,3)11-5-9(7-13)4-10(6-11)8-14/h4-6,14H,8H2,1-3H3. The first kappa shape index (κ1) is 10.7. The smallest absolute Gasteiger partial charge is 0.0991 e. The Morgan fingerprint density at radius 3 is 2.36 bits per heavy atom. The van der Waals surface area contributed by atoms with Crippen molar-refractivity contribution in [2.45, 2.75) is 32.8 Å². The largest absolute Gasteiger partial charge is 0.392 e. The lowest BCUT2D eigenvalue weighted by molar-refractivity contribution is 0.281. The van der Waals surface area contributed by atoms with Gasteiger partial charge >= 0.3 is 0 Å². The molecule has 0 saturated carbocycles. The number of aliphatic hydroxyl groups is 1. The Morgan fingerprint density at radius 1 is 1.29 bits per heavy atom. The molecule has 1 N–H and O–H groups in total. The maximum absolute atomic E-state index is 9.04. The molecule has 0 heterocycles. The predicted molar refractivity (Wildman–Crippen MR) is 55.8 cm³/mol. The van der Waals surface area contributed by atoms with Crippen molar-refractivity contribution in [3.05, 3.63) is 34.9 Å². The fourth-order valence-electron chi connectivity index (χ4n) is 1.28. The van der Waals surface area contributed by atoms with E-state index in [0.29, 0.717) is 5.56 Å². The van der Waals surface area contributed by atoms with Gasteiger partial charge in [0, 0.05) is 0 Å². The normalized spacial score (nSPS) is 11.1. The summed E-state index contributed by atoms with van der Waals surface area (Å²) in [6, 6.07) is 7.64. The highest BCUT2D eigenvalue weighted by atomic mass is 16.3. The summed E-state index contributed by atoms with van der Waals surface area (Å²) in [5.74, 6) is 0. The third kappa shape index (κ3) is 2.34. The number of nitrogens with zero attached hydrogens (tertiary/aromatic N) is 1. The molecule has 0 atom stereocenters. The summed E-state index contributed by atoms with van der Waals surface area (Å²) in [6.07, 6.45) is 0. The zero-order valence-corrected chi connectivity index (χ0v) is 8.83. The van der Waals surface area contributed by atoms with Crippen molar-refractivity contribution < 1.29 is 5.11 Å². The second-order valence-corrected chi connectivity index (χ2v) is 4.44. The highest BCUT2D eigenvalue weighted by Gasteiger charge is 2.14. The molecule has 0 aliphatic carbocycles. The Kier molecular flexibility index (Phi) is 2.93. The van der Waals surface area contributed by atoms with Crippen LogP contribution in [0.5, 0.6) is 0 Å². The van der Waals surface area contributed by atoms with Crippen LogP contribution in [-0.4, -0.2) is 5.11 Å². The number of hydrogen-bond acceptors (Lipinski definition) is 2. The van der Waals surface area contributed by atoms with Crippen LogP contribution < -0.4 is 0 Å². The van der Waals surface area contributed by atoms with Crippen molar-refractivity contribution in [1.29, 1.82) is 5.26 Å². The van der Waals surface area contributed by atoms with Gasteiger partial charge in [-0.15, -0.1) is 0 Å². The highest BCUT2D eigenvalue weighted by molar-refractivity contribution is 5.39. The van der Waals surface area contributed by atoms with Crippen LogP contribution >= 0.6 is 0 Å². The van der Waals surface area contributed by atoms with E-state index >= 15 is 0 Å². The van der Waals surface area contributed by atoms with Gasteiger partial charge in [-0.3, -0.25) is 0 Å². The summed E-state index contributed by atoms with van der Waals surface area (Å²) < 4.78 is 0. The zero-order valence-electron chi connectivity index (χ0n) is 8.83. The van der Waals surface area contributed by atoms with Gasteiger partial charge in [-0.1, -0.05) is 26.8 Å². The van der Waals surface area contributed by atoms with E-state index in [1.54, 1.807) is 6.07 Å². The summed E-state index contributed by atoms with van der Waals surface area (Å²) in [5.41, 5.74) is 2.51. The van der Waals surface area contributed by atoms with Crippen LogP contribution in [-0.2, 0) is 12.0 Å². The van der Waals surface area contributed by atoms with E-state index in [2.05, 4.69) is 26.8 Å². The van der Waals surface area contributed by atoms with Gasteiger partial charge in [0.05, 0.1) is 18.2 Å². The van der Waals surface area contributed by atoms with Gasteiger partial charge in [-0.05, 0) is 28.7 Å². The molecule has 1 aromatic carbocycles. The number of aliphatic hydroxyl groups excluding tert-OH is 1. The van der Waals surface area contributed by atoms with Crippen molar-refractivity contribution in [3.8, 4) is 6.07 Å². The Morgan fingerprint density at radius 2 is 1.93 bits per heavy atom. The van der Waals surface area contributed by atoms with E-state index in [1.165, 1.54) is 0 Å². The molecular formula is C12H15NO. The van der Waals surface area contributed by atoms with Gasteiger partial charge in [0.15, 0.2) is 0 Å². The second-order valence-electron chi connectivity index (χ2n) is 4.44. The van der Waals surface area contributed by atoms with Crippen molar-refractivity contribution in [1.82, 2.24) is 0 Å². The SMILES string of the molecule is CC(C)(C)c1cc(C#N)cc(CO)c1. The average Bonchev–Trinajstić information content (AvgIpc) is 2.15. The minimum absolute atomic E-state index is 0.0107. The van der Waals surface area contributed by atoms with Crippen molar-refractivity contribution in [2.24, 2.45) is 0 Å². The molecule has 2 heteroatoms. The molecule has 1 rings (SSSR count). The minimum atomic E-state index is -0.0153. The lowest BCUT2D eigenvalue weighted by atomic mass is 9.85. The van der Waals surface area contributed by atoms with Crippen molar-refractivity contribution in [2.75, 3.05) is 0 Å². The lowest BCUT2D eigenvalue weighted by Gasteiger charge is -2.20. The summed E-state index contributed by atoms with van der Waals surface area (Å²) in [5, 5.41) is 17.9. The second kappa shape index (κ2) is 3.81. The molecule has 0 spiro atoms. The molecular weight excluding hydrogens is 174 g/mol. The van der Waals surface area contributed by atoms with Gasteiger partial charge < -0.3 is 5.11 Å². The number of rotatable bonds is 1. The van der Waals surface area contributed by atoms with Crippen LogP contribution in [0.4, 0.5) is 0 Å². The summed E-state index contributed by atoms with van der Waals surface area (Å²) in [7, 11) is 0. The number of hydrogen-bond donors (Lipinski definition) is 1. The molecule has 0 amide bonds. The lowest BCUT2D eigenvalue weighted by Crippen LogP contribution is -2.11. The topological polar surface area (TPSA) is 44.0 Å². The summed E-state index contributed by atoms with van der Waals surface area (Å²) in [6.45, 7) is 6.25. The molecule has 14 heavy (non-hydrogen) atoms. The van der Waals surface area contributed by atoms with Crippen LogP contribution in [0, 0.1) is 11.3 Å². The highest BCUT2D eigenvalue weighted by Crippen LogP contribution is 2.24. The molecule has 2 nitrogen and oxygen atoms in total. The maximum Gasteiger partial charge on any atom is 0.0991 e. The van der Waals surface area contributed by atoms with E-state index in [-0.39, 0.29) is 12.0 Å². The molecule has 0 fully saturated rings. The molecule has 0 bridgehead atoms. The van der Waals surface area contributed by atoms with Gasteiger partial charge in [0.25, 0.3) is 0 Å². The average molecular weight is 189 g/mol. The van der Waals surface area contributed by atoms with E-state index in [9.17, 15) is 0 Å². The monoisotopic (exact) mass is 189 g/mol. The van der Waals surface area contributed by atoms with Crippen LogP contribution in [0.3, 0.4) is 0 Å². The van der Waals surface area contributed by atoms with Crippen molar-refractivity contribution in [3.63, 3.8) is 0 Å². The molecule has 1 aromatic rings. The molecule has 74 valence electrons. The molecule has 0 aliphatic rings. The van der Waals surface area contributed by atoms with Crippen molar-refractivity contribution >= 4 is 0 Å². The Bertz CT molecular complexity index is 369. The Balaban J connectivity index is 3.26. The van der Waals surface area contributed by atoms with E-state index < -0.39 is 0 Å². The predicted octanol–water partition coefficient (Wildman–Crippen LogP) is 2.35. The third-order valence-corrected chi connectivity index (χ3v) is 2.17. The summed E-state index contributed by atoms with van der Waals surface area (Å²) >= 11 is 0. The molecule has 0 aliphatic heterocycles. The minimum Gasteiger partial charge on any atom is -0.392 e. The fraction of sp³-hybridized carbons (Fsp3) is 0.417. The van der Waals surface area contributed by atoms with Crippen LogP contribution in [0.2, 0.25) is 0 Å². The first-order chi connectivity index (χ1) is 6.47. The van der Waals surface area contributed by atoms with Crippen LogP contribution in [0.15, 0.2) is 18.2 Å². The Hall–Kier alpha value is -1.33. The van der Waals surface area contributed by atoms with E-state index in [4.69, 9.17) is 10.4 Å². The molecule has 0 unspecified atom stereocenters. The van der Waals surface area contributed by atoms with Gasteiger partial charge in [-0.25, -0.2) is 0 Å². The van der Waals surface area contributed by atoms with Crippen LogP contribution in [0.25, 0.3) is 0 Å². The Labute approximate surface area is 84.8 Å². The molecule has 0 saturated heterocycles. The van der Waals surface area contributed by atoms with Crippen LogP contribution in [0.1, 0.15) is 37.5 Å². The maximum atomic E-state index is 9.04. The van der Waals surface area contributed by atoms with E-state index in [1.807, 2.05) is 12.1 Å². The number of benzene rings is 1. The zero-order chi connectivity index (χ0) is 10.8. The van der Waals surface area contributed by atoms with Gasteiger partial charge in [0.2, 0.25) is 0 Å². The first-order valence-electron chi connectivity index (χ1n) is 4.63. The quantitative estimate of drug-likeness (QED) is 0.737. The number of nitriles is 1. The van der Waals surface area contributed by atoms with E-state index in [0.717, 1.165) is 11.1 Å². The fourth-order valence-corrected chi connectivity index (χ4v) is 1.28. The first-order valence-corrected chi connectivity index (χ1v) is 4.63. The third-order valence-electron chi connectivity index (χ3n) is 2.17. The summed E-state index contributed by atoms with van der Waals surface area (Å²) in [4.78, 5) is 0. The molecule has 0 radical (unpaired) electrons. The van der Waals surface area contributed by atoms with Gasteiger partial charge in [0.1, 0.15) is 0 Å². The van der Waals surface area contributed by atoms with Gasteiger partial charge in [-0.2, -0.15) is 5.26 Å². The molecule has 0 aromatic heterocycles.